The second-order valence-electron chi connectivity index (χ2n) is 5.53. The quantitative estimate of drug-likeness (QED) is 0.923. The summed E-state index contributed by atoms with van der Waals surface area (Å²) in [5.74, 6) is -4.07. The van der Waals surface area contributed by atoms with Crippen molar-refractivity contribution in [1.29, 1.82) is 0 Å². The number of hydrogen-bond acceptors (Lipinski definition) is 2. The molecule has 1 aliphatic rings. The van der Waals surface area contributed by atoms with E-state index in [1.165, 1.54) is 24.0 Å². The number of alkyl halides is 2. The first-order valence-electron chi connectivity index (χ1n) is 6.78. The fourth-order valence-electron chi connectivity index (χ4n) is 2.69. The van der Waals surface area contributed by atoms with Gasteiger partial charge >= 0.3 is 5.97 Å². The first-order chi connectivity index (χ1) is 9.36. The van der Waals surface area contributed by atoms with Gasteiger partial charge in [0.2, 0.25) is 0 Å². The summed E-state index contributed by atoms with van der Waals surface area (Å²) < 4.78 is 28.6. The normalized spacial score (nSPS) is 24.6. The number of rotatable bonds is 4. The molecule has 1 fully saturated rings. The molecule has 5 heteroatoms. The van der Waals surface area contributed by atoms with Crippen LogP contribution >= 0.6 is 0 Å². The lowest BCUT2D eigenvalue weighted by atomic mass is 9.87. The molecule has 1 heterocycles. The average Bonchev–Trinajstić information content (AvgIpc) is 2.42. The average molecular weight is 283 g/mol. The molecule has 3 nitrogen and oxygen atoms in total. The summed E-state index contributed by atoms with van der Waals surface area (Å²) in [6.45, 7) is 1.38. The fraction of sp³-hybridized carbons (Fsp3) is 0.533. The van der Waals surface area contributed by atoms with Crippen LogP contribution in [0.3, 0.4) is 0 Å². The number of carboxylic acid groups (broad SMARTS) is 1. The highest BCUT2D eigenvalue weighted by atomic mass is 19.3. The summed E-state index contributed by atoms with van der Waals surface area (Å²) in [7, 11) is 0. The Morgan fingerprint density at radius 3 is 2.60 bits per heavy atom. The molecule has 1 aromatic rings. The highest BCUT2D eigenvalue weighted by molar-refractivity contribution is 5.78. The molecule has 0 aromatic heterocycles. The van der Waals surface area contributed by atoms with Gasteiger partial charge in [-0.3, -0.25) is 9.69 Å². The number of piperidine rings is 1. The third kappa shape index (κ3) is 2.82. The predicted octanol–water partition coefficient (Wildman–Crippen LogP) is 3.11. The van der Waals surface area contributed by atoms with Crippen LogP contribution in [0.2, 0.25) is 0 Å². The van der Waals surface area contributed by atoms with Crippen molar-refractivity contribution in [1.82, 2.24) is 4.90 Å². The van der Waals surface area contributed by atoms with E-state index in [1.54, 1.807) is 18.2 Å². The van der Waals surface area contributed by atoms with Crippen molar-refractivity contribution in [3.63, 3.8) is 0 Å². The van der Waals surface area contributed by atoms with E-state index in [0.29, 0.717) is 13.0 Å². The first-order valence-corrected chi connectivity index (χ1v) is 6.78. The van der Waals surface area contributed by atoms with Crippen LogP contribution < -0.4 is 0 Å². The Kier molecular flexibility index (Phi) is 4.09. The fourth-order valence-corrected chi connectivity index (χ4v) is 2.69. The minimum Gasteiger partial charge on any atom is -0.480 e. The van der Waals surface area contributed by atoms with Gasteiger partial charge in [0.15, 0.2) is 0 Å². The van der Waals surface area contributed by atoms with E-state index in [4.69, 9.17) is 0 Å². The maximum atomic E-state index is 14.3. The Labute approximate surface area is 117 Å². The van der Waals surface area contributed by atoms with Crippen molar-refractivity contribution >= 4 is 5.97 Å². The molecule has 0 aliphatic carbocycles. The van der Waals surface area contributed by atoms with E-state index in [-0.39, 0.29) is 5.56 Å². The standard InChI is InChI=1S/C15H19F2NO2/c1-14(13(19)20)9-5-6-10-18(14)11-15(16,17)12-7-3-2-4-8-12/h2-4,7-8H,5-6,9-11H2,1H3,(H,19,20). The largest absolute Gasteiger partial charge is 0.480 e. The zero-order chi connectivity index (χ0) is 14.8. The van der Waals surface area contributed by atoms with Crippen molar-refractivity contribution in [3.8, 4) is 0 Å². The van der Waals surface area contributed by atoms with Crippen LogP contribution in [-0.4, -0.2) is 34.6 Å². The molecule has 0 saturated carbocycles. The maximum absolute atomic E-state index is 14.3. The Bertz CT molecular complexity index is 478. The number of hydrogen-bond donors (Lipinski definition) is 1. The van der Waals surface area contributed by atoms with Gasteiger partial charge in [0, 0.05) is 5.56 Å². The Balaban J connectivity index is 2.21. The van der Waals surface area contributed by atoms with Crippen LogP contribution in [0.25, 0.3) is 0 Å². The molecule has 0 radical (unpaired) electrons. The van der Waals surface area contributed by atoms with Crippen LogP contribution in [-0.2, 0) is 10.7 Å². The van der Waals surface area contributed by atoms with Gasteiger partial charge in [-0.1, -0.05) is 30.3 Å². The number of likely N-dealkylation sites (tertiary alicyclic amines) is 1. The van der Waals surface area contributed by atoms with Gasteiger partial charge in [0.1, 0.15) is 5.54 Å². The summed E-state index contributed by atoms with van der Waals surface area (Å²) in [5.41, 5.74) is -1.27. The molecular weight excluding hydrogens is 264 g/mol. The molecule has 2 rings (SSSR count). The lowest BCUT2D eigenvalue weighted by Crippen LogP contribution is -2.57. The smallest absolute Gasteiger partial charge is 0.323 e. The van der Waals surface area contributed by atoms with Crippen LogP contribution in [0.4, 0.5) is 8.78 Å². The van der Waals surface area contributed by atoms with Gasteiger partial charge in [-0.25, -0.2) is 0 Å². The van der Waals surface area contributed by atoms with Gasteiger partial charge in [-0.05, 0) is 32.7 Å². The highest BCUT2D eigenvalue weighted by Crippen LogP contribution is 2.35. The van der Waals surface area contributed by atoms with Crippen molar-refractivity contribution in [2.75, 3.05) is 13.1 Å². The summed E-state index contributed by atoms with van der Waals surface area (Å²) in [6.07, 6.45) is 1.93. The van der Waals surface area contributed by atoms with Crippen molar-refractivity contribution < 1.29 is 18.7 Å². The number of carboxylic acids is 1. The number of carbonyl (C=O) groups is 1. The third-order valence-corrected chi connectivity index (χ3v) is 4.09. The molecule has 1 unspecified atom stereocenters. The lowest BCUT2D eigenvalue weighted by molar-refractivity contribution is -0.157. The van der Waals surface area contributed by atoms with Crippen molar-refractivity contribution in [2.45, 2.75) is 37.6 Å². The lowest BCUT2D eigenvalue weighted by Gasteiger charge is -2.43. The molecule has 20 heavy (non-hydrogen) atoms. The Morgan fingerprint density at radius 1 is 1.35 bits per heavy atom. The summed E-state index contributed by atoms with van der Waals surface area (Å²) in [6, 6.07) is 7.57. The van der Waals surface area contributed by atoms with Gasteiger partial charge < -0.3 is 5.11 Å². The minimum absolute atomic E-state index is 0.0710. The molecule has 1 atom stereocenters. The predicted molar refractivity (Wildman–Crippen MR) is 71.8 cm³/mol. The maximum Gasteiger partial charge on any atom is 0.323 e. The van der Waals surface area contributed by atoms with E-state index < -0.39 is 24.0 Å². The van der Waals surface area contributed by atoms with E-state index >= 15 is 0 Å². The minimum atomic E-state index is -3.05. The van der Waals surface area contributed by atoms with E-state index in [9.17, 15) is 18.7 Å². The second-order valence-corrected chi connectivity index (χ2v) is 5.53. The molecule has 1 aromatic carbocycles. The number of halogens is 2. The van der Waals surface area contributed by atoms with Crippen molar-refractivity contribution in [3.05, 3.63) is 35.9 Å². The molecule has 110 valence electrons. The zero-order valence-corrected chi connectivity index (χ0v) is 11.5. The first kappa shape index (κ1) is 14.9. The molecule has 0 spiro atoms. The topological polar surface area (TPSA) is 40.5 Å². The molecule has 0 amide bonds. The van der Waals surface area contributed by atoms with Crippen LogP contribution in [0.1, 0.15) is 31.7 Å². The Morgan fingerprint density at radius 2 is 2.00 bits per heavy atom. The summed E-state index contributed by atoms with van der Waals surface area (Å²) in [5, 5.41) is 9.35. The summed E-state index contributed by atoms with van der Waals surface area (Å²) in [4.78, 5) is 12.8. The van der Waals surface area contributed by atoms with Crippen molar-refractivity contribution in [2.24, 2.45) is 0 Å². The zero-order valence-electron chi connectivity index (χ0n) is 11.5. The molecular formula is C15H19F2NO2. The monoisotopic (exact) mass is 283 g/mol. The molecule has 1 N–H and O–H groups in total. The Hall–Kier alpha value is -1.49. The second kappa shape index (κ2) is 5.48. The number of aliphatic carboxylic acids is 1. The molecule has 1 aliphatic heterocycles. The van der Waals surface area contributed by atoms with Gasteiger partial charge in [0.25, 0.3) is 5.92 Å². The van der Waals surface area contributed by atoms with E-state index in [2.05, 4.69) is 0 Å². The SMILES string of the molecule is CC1(C(=O)O)CCCCN1CC(F)(F)c1ccccc1. The molecule has 0 bridgehead atoms. The van der Waals surface area contributed by atoms with Crippen LogP contribution in [0.5, 0.6) is 0 Å². The van der Waals surface area contributed by atoms with E-state index in [0.717, 1.165) is 12.8 Å². The highest BCUT2D eigenvalue weighted by Gasteiger charge is 2.46. The van der Waals surface area contributed by atoms with Gasteiger partial charge in [-0.2, -0.15) is 8.78 Å². The number of benzene rings is 1. The van der Waals surface area contributed by atoms with E-state index in [1.807, 2.05) is 0 Å². The summed E-state index contributed by atoms with van der Waals surface area (Å²) >= 11 is 0. The third-order valence-electron chi connectivity index (χ3n) is 4.09. The van der Waals surface area contributed by atoms with Gasteiger partial charge in [-0.15, -0.1) is 0 Å². The van der Waals surface area contributed by atoms with Crippen LogP contribution in [0, 0.1) is 0 Å². The van der Waals surface area contributed by atoms with Crippen LogP contribution in [0.15, 0.2) is 30.3 Å². The number of nitrogens with zero attached hydrogens (tertiary/aromatic N) is 1. The van der Waals surface area contributed by atoms with Gasteiger partial charge in [0.05, 0.1) is 6.54 Å². The molecule has 1 saturated heterocycles.